The molecule has 2 N–H and O–H groups in total. The quantitative estimate of drug-likeness (QED) is 0.888. The van der Waals surface area contributed by atoms with Crippen molar-refractivity contribution in [1.29, 1.82) is 0 Å². The van der Waals surface area contributed by atoms with Crippen LogP contribution >= 0.6 is 0 Å². The minimum absolute atomic E-state index is 0.0415. The van der Waals surface area contributed by atoms with Crippen molar-refractivity contribution in [1.82, 2.24) is 0 Å². The maximum atomic E-state index is 12.0. The van der Waals surface area contributed by atoms with Crippen LogP contribution in [0.25, 0.3) is 0 Å². The van der Waals surface area contributed by atoms with Crippen LogP contribution in [0.2, 0.25) is 0 Å². The number of hydrogen-bond acceptors (Lipinski definition) is 2. The van der Waals surface area contributed by atoms with E-state index in [1.807, 2.05) is 63.2 Å². The van der Waals surface area contributed by atoms with Gasteiger partial charge in [0, 0.05) is 11.4 Å². The number of aryl methyl sites for hydroxylation is 3. The molecule has 0 aromatic heterocycles. The Morgan fingerprint density at radius 2 is 1.75 bits per heavy atom. The molecule has 0 aliphatic heterocycles. The minimum Gasteiger partial charge on any atom is -0.376 e. The molecule has 3 nitrogen and oxygen atoms in total. The van der Waals surface area contributed by atoms with E-state index in [2.05, 4.69) is 10.6 Å². The fourth-order valence-electron chi connectivity index (χ4n) is 2.00. The van der Waals surface area contributed by atoms with Gasteiger partial charge in [0.2, 0.25) is 5.91 Å². The van der Waals surface area contributed by atoms with Crippen LogP contribution in [-0.2, 0) is 4.79 Å². The first-order chi connectivity index (χ1) is 9.54. The van der Waals surface area contributed by atoms with Gasteiger partial charge in [0.1, 0.15) is 0 Å². The van der Waals surface area contributed by atoms with Crippen molar-refractivity contribution in [3.63, 3.8) is 0 Å². The van der Waals surface area contributed by atoms with E-state index in [-0.39, 0.29) is 12.5 Å². The summed E-state index contributed by atoms with van der Waals surface area (Å²) >= 11 is 0. The van der Waals surface area contributed by atoms with Gasteiger partial charge in [-0.3, -0.25) is 4.79 Å². The van der Waals surface area contributed by atoms with Crippen LogP contribution in [0, 0.1) is 20.8 Å². The second-order valence-electron chi connectivity index (χ2n) is 5.09. The van der Waals surface area contributed by atoms with Gasteiger partial charge in [0.05, 0.1) is 6.54 Å². The van der Waals surface area contributed by atoms with E-state index in [1.165, 1.54) is 5.56 Å². The van der Waals surface area contributed by atoms with E-state index in [0.717, 1.165) is 22.5 Å². The summed E-state index contributed by atoms with van der Waals surface area (Å²) in [5, 5.41) is 6.06. The molecular formula is C17H20N2O. The van der Waals surface area contributed by atoms with Gasteiger partial charge in [-0.15, -0.1) is 0 Å². The van der Waals surface area contributed by atoms with Crippen LogP contribution < -0.4 is 10.6 Å². The standard InChI is InChI=1S/C17H20N2O/c1-12-5-4-6-15(9-12)18-11-17(20)19-16-10-13(2)7-8-14(16)3/h4-10,18H,11H2,1-3H3,(H,19,20). The maximum Gasteiger partial charge on any atom is 0.243 e. The third-order valence-corrected chi connectivity index (χ3v) is 3.14. The summed E-state index contributed by atoms with van der Waals surface area (Å²) in [7, 11) is 0. The third kappa shape index (κ3) is 3.85. The highest BCUT2D eigenvalue weighted by Gasteiger charge is 2.05. The van der Waals surface area contributed by atoms with Crippen LogP contribution in [0.1, 0.15) is 16.7 Å². The Morgan fingerprint density at radius 1 is 1.00 bits per heavy atom. The monoisotopic (exact) mass is 268 g/mol. The Hall–Kier alpha value is -2.29. The molecule has 0 heterocycles. The zero-order valence-corrected chi connectivity index (χ0v) is 12.2. The highest BCUT2D eigenvalue weighted by atomic mass is 16.1. The number of hydrogen-bond donors (Lipinski definition) is 2. The van der Waals surface area contributed by atoms with E-state index >= 15 is 0 Å². The van der Waals surface area contributed by atoms with Gasteiger partial charge in [0.25, 0.3) is 0 Å². The molecular weight excluding hydrogens is 248 g/mol. The topological polar surface area (TPSA) is 41.1 Å². The zero-order chi connectivity index (χ0) is 14.5. The Morgan fingerprint density at radius 3 is 2.50 bits per heavy atom. The molecule has 0 spiro atoms. The van der Waals surface area contributed by atoms with E-state index in [1.54, 1.807) is 0 Å². The fraction of sp³-hybridized carbons (Fsp3) is 0.235. The van der Waals surface area contributed by atoms with Gasteiger partial charge in [-0.05, 0) is 55.7 Å². The molecule has 3 heteroatoms. The number of amides is 1. The van der Waals surface area contributed by atoms with Gasteiger partial charge in [-0.25, -0.2) is 0 Å². The molecule has 0 saturated carbocycles. The molecule has 0 radical (unpaired) electrons. The lowest BCUT2D eigenvalue weighted by Gasteiger charge is -2.11. The second-order valence-corrected chi connectivity index (χ2v) is 5.09. The van der Waals surface area contributed by atoms with Crippen LogP contribution in [-0.4, -0.2) is 12.5 Å². The number of carbonyl (C=O) groups is 1. The molecule has 2 rings (SSSR count). The Labute approximate surface area is 120 Å². The minimum atomic E-state index is -0.0415. The summed E-state index contributed by atoms with van der Waals surface area (Å²) in [5.74, 6) is -0.0415. The van der Waals surface area contributed by atoms with Crippen molar-refractivity contribution < 1.29 is 4.79 Å². The largest absolute Gasteiger partial charge is 0.376 e. The Balaban J connectivity index is 1.94. The third-order valence-electron chi connectivity index (χ3n) is 3.14. The molecule has 1 amide bonds. The van der Waals surface area contributed by atoms with E-state index < -0.39 is 0 Å². The molecule has 2 aromatic rings. The van der Waals surface area contributed by atoms with Crippen molar-refractivity contribution in [3.05, 3.63) is 59.2 Å². The van der Waals surface area contributed by atoms with Gasteiger partial charge < -0.3 is 10.6 Å². The van der Waals surface area contributed by atoms with Crippen LogP contribution in [0.15, 0.2) is 42.5 Å². The molecule has 0 bridgehead atoms. The molecule has 2 aromatic carbocycles. The predicted molar refractivity (Wildman–Crippen MR) is 84.2 cm³/mol. The lowest BCUT2D eigenvalue weighted by molar-refractivity contribution is -0.114. The first-order valence-corrected chi connectivity index (χ1v) is 6.72. The number of anilines is 2. The summed E-state index contributed by atoms with van der Waals surface area (Å²) < 4.78 is 0. The Bertz CT molecular complexity index is 620. The highest BCUT2D eigenvalue weighted by Crippen LogP contribution is 2.16. The normalized spacial score (nSPS) is 10.2. The van der Waals surface area contributed by atoms with Crippen molar-refractivity contribution in [2.75, 3.05) is 17.2 Å². The average molecular weight is 268 g/mol. The highest BCUT2D eigenvalue weighted by molar-refractivity contribution is 5.94. The number of benzene rings is 2. The van der Waals surface area contributed by atoms with Gasteiger partial charge in [0.15, 0.2) is 0 Å². The smallest absolute Gasteiger partial charge is 0.243 e. The summed E-state index contributed by atoms with van der Waals surface area (Å²) in [6.45, 7) is 6.29. The molecule has 0 aliphatic carbocycles. The van der Waals surface area contributed by atoms with Gasteiger partial charge in [-0.2, -0.15) is 0 Å². The summed E-state index contributed by atoms with van der Waals surface area (Å²) in [4.78, 5) is 12.0. The van der Waals surface area contributed by atoms with Crippen molar-refractivity contribution in [3.8, 4) is 0 Å². The van der Waals surface area contributed by atoms with E-state index in [4.69, 9.17) is 0 Å². The van der Waals surface area contributed by atoms with E-state index in [9.17, 15) is 4.79 Å². The second kappa shape index (κ2) is 6.24. The van der Waals surface area contributed by atoms with Crippen LogP contribution in [0.3, 0.4) is 0 Å². The molecule has 104 valence electrons. The summed E-state index contributed by atoms with van der Waals surface area (Å²) in [6.07, 6.45) is 0. The summed E-state index contributed by atoms with van der Waals surface area (Å²) in [5.41, 5.74) is 5.21. The van der Waals surface area contributed by atoms with E-state index in [0.29, 0.717) is 0 Å². The molecule has 0 atom stereocenters. The van der Waals surface area contributed by atoms with Crippen LogP contribution in [0.4, 0.5) is 11.4 Å². The lowest BCUT2D eigenvalue weighted by atomic mass is 10.1. The maximum absolute atomic E-state index is 12.0. The molecule has 0 saturated heterocycles. The zero-order valence-electron chi connectivity index (χ0n) is 12.2. The number of carbonyl (C=O) groups excluding carboxylic acids is 1. The van der Waals surface area contributed by atoms with Gasteiger partial charge >= 0.3 is 0 Å². The Kier molecular flexibility index (Phi) is 4.41. The first-order valence-electron chi connectivity index (χ1n) is 6.72. The molecule has 0 fully saturated rings. The molecule has 0 aliphatic rings. The predicted octanol–water partition coefficient (Wildman–Crippen LogP) is 3.66. The number of nitrogens with one attached hydrogen (secondary N) is 2. The van der Waals surface area contributed by atoms with Crippen molar-refractivity contribution in [2.45, 2.75) is 20.8 Å². The first kappa shape index (κ1) is 14.1. The number of rotatable bonds is 4. The fourth-order valence-corrected chi connectivity index (χ4v) is 2.00. The van der Waals surface area contributed by atoms with Crippen molar-refractivity contribution in [2.24, 2.45) is 0 Å². The average Bonchev–Trinajstić information content (AvgIpc) is 2.41. The summed E-state index contributed by atoms with van der Waals surface area (Å²) in [6, 6.07) is 14.0. The molecule has 0 unspecified atom stereocenters. The van der Waals surface area contributed by atoms with Gasteiger partial charge in [-0.1, -0.05) is 24.3 Å². The molecule has 20 heavy (non-hydrogen) atoms. The van der Waals surface area contributed by atoms with Crippen LogP contribution in [0.5, 0.6) is 0 Å². The lowest BCUT2D eigenvalue weighted by Crippen LogP contribution is -2.22. The van der Waals surface area contributed by atoms with Crippen molar-refractivity contribution >= 4 is 17.3 Å². The SMILES string of the molecule is Cc1cccc(NCC(=O)Nc2cc(C)ccc2C)c1.